The topological polar surface area (TPSA) is 72.9 Å². The van der Waals surface area contributed by atoms with E-state index < -0.39 is 12.1 Å². The molecule has 2 amide bonds. The predicted octanol–water partition coefficient (Wildman–Crippen LogP) is 1.76. The Bertz CT molecular complexity index is 925. The lowest BCUT2D eigenvalue weighted by Gasteiger charge is -2.45. The van der Waals surface area contributed by atoms with Crippen molar-refractivity contribution < 1.29 is 14.7 Å². The molecule has 2 aliphatic heterocycles. The zero-order valence-electron chi connectivity index (χ0n) is 16.9. The van der Waals surface area contributed by atoms with Gasteiger partial charge in [0, 0.05) is 32.6 Å². The molecule has 2 saturated heterocycles. The van der Waals surface area contributed by atoms with Gasteiger partial charge in [0.05, 0.1) is 0 Å². The first-order chi connectivity index (χ1) is 13.9. The van der Waals surface area contributed by atoms with Gasteiger partial charge in [-0.3, -0.25) is 14.5 Å². The molecule has 2 heterocycles. The van der Waals surface area contributed by atoms with Crippen LogP contribution < -0.4 is 5.32 Å². The minimum Gasteiger partial charge on any atom is -0.508 e. The van der Waals surface area contributed by atoms with E-state index in [1.54, 1.807) is 29.2 Å². The van der Waals surface area contributed by atoms with Gasteiger partial charge < -0.3 is 15.3 Å². The summed E-state index contributed by atoms with van der Waals surface area (Å²) in [5.41, 5.74) is 4.67. The summed E-state index contributed by atoms with van der Waals surface area (Å²) in [5, 5.41) is 12.3. The largest absolute Gasteiger partial charge is 0.508 e. The fourth-order valence-corrected chi connectivity index (χ4v) is 4.27. The number of hydrogen-bond acceptors (Lipinski definition) is 4. The maximum Gasteiger partial charge on any atom is 0.246 e. The second-order valence-corrected chi connectivity index (χ2v) is 8.14. The summed E-state index contributed by atoms with van der Waals surface area (Å²) >= 11 is 0. The van der Waals surface area contributed by atoms with Crippen molar-refractivity contribution in [1.29, 1.82) is 0 Å². The van der Waals surface area contributed by atoms with Crippen molar-refractivity contribution in [3.05, 3.63) is 64.7 Å². The van der Waals surface area contributed by atoms with E-state index in [4.69, 9.17) is 0 Å². The van der Waals surface area contributed by atoms with Gasteiger partial charge in [-0.15, -0.1) is 0 Å². The van der Waals surface area contributed by atoms with Gasteiger partial charge in [0.1, 0.15) is 17.8 Å². The number of hydrogen-bond donors (Lipinski definition) is 2. The molecule has 0 bridgehead atoms. The monoisotopic (exact) mass is 393 g/mol. The van der Waals surface area contributed by atoms with Crippen molar-refractivity contribution in [2.24, 2.45) is 0 Å². The summed E-state index contributed by atoms with van der Waals surface area (Å²) < 4.78 is 0. The lowest BCUT2D eigenvalue weighted by atomic mass is 9.98. The van der Waals surface area contributed by atoms with Crippen molar-refractivity contribution in [1.82, 2.24) is 15.1 Å². The number of piperazine rings is 2. The van der Waals surface area contributed by atoms with E-state index >= 15 is 0 Å². The number of nitrogens with zero attached hydrogens (tertiary/aromatic N) is 2. The van der Waals surface area contributed by atoms with Crippen LogP contribution in [0.3, 0.4) is 0 Å². The van der Waals surface area contributed by atoms with E-state index in [9.17, 15) is 14.7 Å². The van der Waals surface area contributed by atoms with Gasteiger partial charge in [0.2, 0.25) is 11.8 Å². The van der Waals surface area contributed by atoms with Crippen LogP contribution in [-0.2, 0) is 22.6 Å². The van der Waals surface area contributed by atoms with E-state index in [2.05, 4.69) is 42.3 Å². The third-order valence-electron chi connectivity index (χ3n) is 5.93. The number of carbonyl (C=O) groups is 2. The van der Waals surface area contributed by atoms with Crippen LogP contribution in [0.4, 0.5) is 0 Å². The molecule has 0 radical (unpaired) electrons. The van der Waals surface area contributed by atoms with Crippen LogP contribution >= 0.6 is 0 Å². The Morgan fingerprint density at radius 3 is 2.55 bits per heavy atom. The number of carbonyl (C=O) groups excluding carboxylic acids is 2. The van der Waals surface area contributed by atoms with Crippen LogP contribution in [0, 0.1) is 13.8 Å². The number of rotatable bonds is 4. The van der Waals surface area contributed by atoms with Crippen molar-refractivity contribution in [2.45, 2.75) is 38.9 Å². The summed E-state index contributed by atoms with van der Waals surface area (Å²) in [6.45, 7) is 6.86. The molecule has 152 valence electrons. The standard InChI is InChI=1S/C23H27N3O3/c1-15-3-6-18(16(2)11-15)13-25-9-10-26-21(14-25)22(28)24-20(23(26)29)12-17-4-7-19(27)8-5-17/h3-8,11,20-21,27H,9-10,12-14H2,1-2H3,(H,24,28)/t20-,21-/m1/s1. The average Bonchev–Trinajstić information content (AvgIpc) is 2.70. The molecular formula is C23H27N3O3. The van der Waals surface area contributed by atoms with E-state index in [1.165, 1.54) is 16.7 Å². The van der Waals surface area contributed by atoms with Crippen molar-refractivity contribution in [2.75, 3.05) is 19.6 Å². The Hall–Kier alpha value is -2.86. The summed E-state index contributed by atoms with van der Waals surface area (Å²) in [5.74, 6) is 0.0836. The van der Waals surface area contributed by atoms with Crippen molar-refractivity contribution in [3.63, 3.8) is 0 Å². The highest BCUT2D eigenvalue weighted by Gasteiger charge is 2.43. The Labute approximate surface area is 171 Å². The smallest absolute Gasteiger partial charge is 0.246 e. The van der Waals surface area contributed by atoms with Gasteiger partial charge in [0.15, 0.2) is 0 Å². The Morgan fingerprint density at radius 2 is 1.83 bits per heavy atom. The maximum absolute atomic E-state index is 13.0. The highest BCUT2D eigenvalue weighted by Crippen LogP contribution is 2.21. The van der Waals surface area contributed by atoms with Crippen LogP contribution in [0.5, 0.6) is 5.75 Å². The third kappa shape index (κ3) is 4.12. The number of phenolic OH excluding ortho intramolecular Hbond substituents is 1. The van der Waals surface area contributed by atoms with E-state index in [0.717, 1.165) is 18.7 Å². The van der Waals surface area contributed by atoms with Crippen LogP contribution in [-0.4, -0.2) is 58.4 Å². The maximum atomic E-state index is 13.0. The molecule has 2 aromatic rings. The van der Waals surface area contributed by atoms with Crippen LogP contribution in [0.2, 0.25) is 0 Å². The molecule has 6 heteroatoms. The fourth-order valence-electron chi connectivity index (χ4n) is 4.27. The van der Waals surface area contributed by atoms with Gasteiger partial charge in [-0.25, -0.2) is 0 Å². The molecule has 0 unspecified atom stereocenters. The summed E-state index contributed by atoms with van der Waals surface area (Å²) in [7, 11) is 0. The minimum atomic E-state index is -0.547. The van der Waals surface area contributed by atoms with E-state index in [-0.39, 0.29) is 17.6 Å². The molecule has 2 aliphatic rings. The van der Waals surface area contributed by atoms with E-state index in [1.807, 2.05) is 0 Å². The number of fused-ring (bicyclic) bond motifs is 1. The van der Waals surface area contributed by atoms with Gasteiger partial charge in [0.25, 0.3) is 0 Å². The van der Waals surface area contributed by atoms with Crippen molar-refractivity contribution >= 4 is 11.8 Å². The highest BCUT2D eigenvalue weighted by atomic mass is 16.3. The number of nitrogens with one attached hydrogen (secondary N) is 1. The Morgan fingerprint density at radius 1 is 1.07 bits per heavy atom. The first kappa shape index (κ1) is 19.5. The molecule has 2 atom stereocenters. The molecule has 29 heavy (non-hydrogen) atoms. The molecule has 6 nitrogen and oxygen atoms in total. The van der Waals surface area contributed by atoms with Gasteiger partial charge in [-0.1, -0.05) is 35.9 Å². The molecule has 0 aromatic heterocycles. The second kappa shape index (κ2) is 7.87. The fraction of sp³-hybridized carbons (Fsp3) is 0.391. The molecule has 0 saturated carbocycles. The van der Waals surface area contributed by atoms with Gasteiger partial charge in [-0.2, -0.15) is 0 Å². The number of aromatic hydroxyl groups is 1. The lowest BCUT2D eigenvalue weighted by molar-refractivity contribution is -0.153. The van der Waals surface area contributed by atoms with Crippen LogP contribution in [0.1, 0.15) is 22.3 Å². The molecule has 2 N–H and O–H groups in total. The number of benzene rings is 2. The average molecular weight is 393 g/mol. The first-order valence-corrected chi connectivity index (χ1v) is 10.1. The summed E-state index contributed by atoms with van der Waals surface area (Å²) in [6, 6.07) is 12.2. The third-order valence-corrected chi connectivity index (χ3v) is 5.93. The second-order valence-electron chi connectivity index (χ2n) is 8.14. The van der Waals surface area contributed by atoms with Crippen molar-refractivity contribution in [3.8, 4) is 5.75 Å². The molecular weight excluding hydrogens is 366 g/mol. The number of amides is 2. The van der Waals surface area contributed by atoms with Crippen LogP contribution in [0.25, 0.3) is 0 Å². The van der Waals surface area contributed by atoms with Gasteiger partial charge >= 0.3 is 0 Å². The van der Waals surface area contributed by atoms with E-state index in [0.29, 0.717) is 19.5 Å². The quantitative estimate of drug-likeness (QED) is 0.830. The molecule has 0 aliphatic carbocycles. The zero-order valence-corrected chi connectivity index (χ0v) is 16.9. The predicted molar refractivity (Wildman–Crippen MR) is 110 cm³/mol. The highest BCUT2D eigenvalue weighted by molar-refractivity contribution is 5.97. The molecule has 2 fully saturated rings. The Kier molecular flexibility index (Phi) is 5.28. The summed E-state index contributed by atoms with van der Waals surface area (Å²) in [6.07, 6.45) is 0.431. The summed E-state index contributed by atoms with van der Waals surface area (Å²) in [4.78, 5) is 29.7. The lowest BCUT2D eigenvalue weighted by Crippen LogP contribution is -2.69. The van der Waals surface area contributed by atoms with Gasteiger partial charge in [-0.05, 0) is 42.7 Å². The van der Waals surface area contributed by atoms with Crippen LogP contribution in [0.15, 0.2) is 42.5 Å². The first-order valence-electron chi connectivity index (χ1n) is 10.1. The molecule has 4 rings (SSSR count). The minimum absolute atomic E-state index is 0.0196. The zero-order chi connectivity index (χ0) is 20.5. The Balaban J connectivity index is 1.42. The normalized spacial score (nSPS) is 22.3. The molecule has 2 aromatic carbocycles. The SMILES string of the molecule is Cc1ccc(CN2CCN3C(=O)[C@@H](Cc4ccc(O)cc4)NC(=O)[C@H]3C2)c(C)c1. The number of phenols is 1. The molecule has 0 spiro atoms. The number of aryl methyl sites for hydroxylation is 2.